The van der Waals surface area contributed by atoms with E-state index in [0.717, 1.165) is 18.7 Å². The van der Waals surface area contributed by atoms with Gasteiger partial charge in [-0.05, 0) is 41.3 Å². The van der Waals surface area contributed by atoms with Crippen molar-refractivity contribution in [2.45, 2.75) is 38.6 Å². The third kappa shape index (κ3) is 4.59. The SMILES string of the molecule is CCC(O)(c1nnc(N(Cc2ccc3c(-c4ccc(F)cc4)cc(=O)oc3c2)C(C)=O)o1)C(F)(F)F. The number of hydrogen-bond donors (Lipinski definition) is 1. The van der Waals surface area contributed by atoms with Gasteiger partial charge in [0.2, 0.25) is 11.5 Å². The highest BCUT2D eigenvalue weighted by molar-refractivity contribution is 5.94. The zero-order chi connectivity index (χ0) is 26.3. The van der Waals surface area contributed by atoms with Crippen LogP contribution in [0, 0.1) is 5.82 Å². The normalized spacial score (nSPS) is 13.5. The summed E-state index contributed by atoms with van der Waals surface area (Å²) in [6.45, 7) is 2.03. The van der Waals surface area contributed by atoms with E-state index >= 15 is 0 Å². The molecular weight excluding hydrogens is 486 g/mol. The van der Waals surface area contributed by atoms with Crippen LogP contribution in [0.15, 0.2) is 62.2 Å². The molecule has 188 valence electrons. The molecule has 36 heavy (non-hydrogen) atoms. The number of hydrogen-bond acceptors (Lipinski definition) is 7. The molecule has 1 unspecified atom stereocenters. The summed E-state index contributed by atoms with van der Waals surface area (Å²) in [4.78, 5) is 25.4. The second kappa shape index (κ2) is 9.19. The van der Waals surface area contributed by atoms with Crippen molar-refractivity contribution in [3.63, 3.8) is 0 Å². The quantitative estimate of drug-likeness (QED) is 0.299. The smallest absolute Gasteiger partial charge is 0.423 e. The Morgan fingerprint density at radius 2 is 1.75 bits per heavy atom. The number of carbonyl (C=O) groups is 1. The predicted octanol–water partition coefficient (Wildman–Crippen LogP) is 4.70. The van der Waals surface area contributed by atoms with Crippen molar-refractivity contribution in [3.8, 4) is 11.1 Å². The van der Waals surface area contributed by atoms with Crippen LogP contribution in [-0.2, 0) is 16.9 Å². The van der Waals surface area contributed by atoms with E-state index in [9.17, 15) is 32.3 Å². The first kappa shape index (κ1) is 25.0. The average molecular weight is 505 g/mol. The standard InChI is InChI=1S/C24H19F4N3O5/c1-3-23(34,24(26,27)28)21-29-30-22(36-21)31(13(2)32)12-14-4-9-17-18(11-20(33)35-19(17)10-14)15-5-7-16(25)8-6-15/h4-11,34H,3,12H2,1-2H3. The van der Waals surface area contributed by atoms with Crippen LogP contribution >= 0.6 is 0 Å². The number of amides is 1. The van der Waals surface area contributed by atoms with Crippen LogP contribution in [0.4, 0.5) is 23.6 Å². The molecule has 0 saturated carbocycles. The highest BCUT2D eigenvalue weighted by Crippen LogP contribution is 2.41. The summed E-state index contributed by atoms with van der Waals surface area (Å²) in [5.41, 5.74) is -2.34. The fourth-order valence-electron chi connectivity index (χ4n) is 3.63. The lowest BCUT2D eigenvalue weighted by Gasteiger charge is -2.25. The van der Waals surface area contributed by atoms with Crippen LogP contribution in [0.5, 0.6) is 0 Å². The first-order chi connectivity index (χ1) is 16.9. The largest absolute Gasteiger partial charge is 0.426 e. The highest BCUT2D eigenvalue weighted by Gasteiger charge is 2.57. The Balaban J connectivity index is 1.70. The molecule has 12 heteroatoms. The molecule has 0 bridgehead atoms. The number of aromatic nitrogens is 2. The van der Waals surface area contributed by atoms with Crippen molar-refractivity contribution in [1.29, 1.82) is 0 Å². The lowest BCUT2D eigenvalue weighted by molar-refractivity contribution is -0.275. The van der Waals surface area contributed by atoms with Gasteiger partial charge < -0.3 is 13.9 Å². The Kier molecular flexibility index (Phi) is 6.39. The maximum atomic E-state index is 13.3. The van der Waals surface area contributed by atoms with Gasteiger partial charge in [0.25, 0.3) is 5.89 Å². The average Bonchev–Trinajstić information content (AvgIpc) is 3.31. The molecule has 1 amide bonds. The lowest BCUT2D eigenvalue weighted by atomic mass is 10.0. The van der Waals surface area contributed by atoms with Crippen LogP contribution < -0.4 is 10.5 Å². The number of halogens is 4. The number of carbonyl (C=O) groups excluding carboxylic acids is 1. The molecular formula is C24H19F4N3O5. The lowest BCUT2D eigenvalue weighted by Crippen LogP contribution is -2.42. The number of nitrogens with zero attached hydrogens (tertiary/aromatic N) is 3. The second-order valence-corrected chi connectivity index (χ2v) is 8.02. The van der Waals surface area contributed by atoms with Gasteiger partial charge in [0, 0.05) is 18.4 Å². The van der Waals surface area contributed by atoms with Gasteiger partial charge in [-0.3, -0.25) is 9.69 Å². The Morgan fingerprint density at radius 1 is 1.06 bits per heavy atom. The molecule has 4 aromatic rings. The van der Waals surface area contributed by atoms with Crippen LogP contribution in [0.1, 0.15) is 31.7 Å². The summed E-state index contributed by atoms with van der Waals surface area (Å²) >= 11 is 0. The van der Waals surface area contributed by atoms with Crippen molar-refractivity contribution < 1.29 is 36.3 Å². The number of rotatable bonds is 6. The number of benzene rings is 2. The van der Waals surface area contributed by atoms with Crippen molar-refractivity contribution in [2.75, 3.05) is 4.90 Å². The highest BCUT2D eigenvalue weighted by atomic mass is 19.4. The van der Waals surface area contributed by atoms with Gasteiger partial charge in [-0.15, -0.1) is 5.10 Å². The Hall–Kier alpha value is -4.06. The minimum Gasteiger partial charge on any atom is -0.423 e. The summed E-state index contributed by atoms with van der Waals surface area (Å²) in [5.74, 6) is -2.15. The van der Waals surface area contributed by atoms with E-state index in [1.54, 1.807) is 12.1 Å². The predicted molar refractivity (Wildman–Crippen MR) is 119 cm³/mol. The summed E-state index contributed by atoms with van der Waals surface area (Å²) < 4.78 is 63.7. The Labute approximate surface area is 200 Å². The summed E-state index contributed by atoms with van der Waals surface area (Å²) in [6, 6.07) is 11.0. The first-order valence-corrected chi connectivity index (χ1v) is 10.7. The molecule has 1 atom stereocenters. The van der Waals surface area contributed by atoms with Crippen LogP contribution in [0.25, 0.3) is 22.1 Å². The molecule has 0 fully saturated rings. The van der Waals surface area contributed by atoms with E-state index in [0.29, 0.717) is 22.1 Å². The summed E-state index contributed by atoms with van der Waals surface area (Å²) in [6.07, 6.45) is -5.86. The molecule has 0 aliphatic carbocycles. The van der Waals surface area contributed by atoms with Gasteiger partial charge in [-0.25, -0.2) is 9.18 Å². The molecule has 2 aromatic carbocycles. The summed E-state index contributed by atoms with van der Waals surface area (Å²) in [5, 5.41) is 17.4. The molecule has 0 spiro atoms. The first-order valence-electron chi connectivity index (χ1n) is 10.7. The molecule has 4 rings (SSSR count). The third-order valence-electron chi connectivity index (χ3n) is 5.66. The Morgan fingerprint density at radius 3 is 2.36 bits per heavy atom. The zero-order valence-electron chi connectivity index (χ0n) is 19.0. The van der Waals surface area contributed by atoms with E-state index < -0.39 is 47.5 Å². The topological polar surface area (TPSA) is 110 Å². The molecule has 0 radical (unpaired) electrons. The number of aliphatic hydroxyl groups is 1. The summed E-state index contributed by atoms with van der Waals surface area (Å²) in [7, 11) is 0. The van der Waals surface area contributed by atoms with E-state index in [-0.39, 0.29) is 12.1 Å². The van der Waals surface area contributed by atoms with E-state index in [2.05, 4.69) is 10.2 Å². The minimum atomic E-state index is -5.08. The maximum absolute atomic E-state index is 13.3. The number of fused-ring (bicyclic) bond motifs is 1. The van der Waals surface area contributed by atoms with Gasteiger partial charge >= 0.3 is 17.8 Å². The van der Waals surface area contributed by atoms with E-state index in [4.69, 9.17) is 8.83 Å². The molecule has 0 saturated heterocycles. The molecule has 8 nitrogen and oxygen atoms in total. The van der Waals surface area contributed by atoms with Gasteiger partial charge in [0.05, 0.1) is 6.54 Å². The second-order valence-electron chi connectivity index (χ2n) is 8.02. The van der Waals surface area contributed by atoms with Gasteiger partial charge in [0.1, 0.15) is 11.4 Å². The third-order valence-corrected chi connectivity index (χ3v) is 5.66. The fourth-order valence-corrected chi connectivity index (χ4v) is 3.63. The number of anilines is 1. The monoisotopic (exact) mass is 505 g/mol. The number of alkyl halides is 3. The zero-order valence-corrected chi connectivity index (χ0v) is 19.0. The fraction of sp³-hybridized carbons (Fsp3) is 0.250. The van der Waals surface area contributed by atoms with Crippen molar-refractivity contribution in [2.24, 2.45) is 0 Å². The molecule has 0 aliphatic rings. The van der Waals surface area contributed by atoms with E-state index in [1.165, 1.54) is 36.4 Å². The van der Waals surface area contributed by atoms with Crippen molar-refractivity contribution >= 4 is 22.9 Å². The van der Waals surface area contributed by atoms with Crippen LogP contribution in [0.3, 0.4) is 0 Å². The van der Waals surface area contributed by atoms with Gasteiger partial charge in [-0.2, -0.15) is 13.2 Å². The van der Waals surface area contributed by atoms with Gasteiger partial charge in [0.15, 0.2) is 0 Å². The van der Waals surface area contributed by atoms with Crippen molar-refractivity contribution in [3.05, 3.63) is 76.2 Å². The van der Waals surface area contributed by atoms with Crippen molar-refractivity contribution in [1.82, 2.24) is 10.2 Å². The molecule has 1 N–H and O–H groups in total. The molecule has 0 aliphatic heterocycles. The maximum Gasteiger partial charge on any atom is 0.426 e. The minimum absolute atomic E-state index is 0.173. The van der Waals surface area contributed by atoms with Crippen LogP contribution in [-0.4, -0.2) is 27.4 Å². The van der Waals surface area contributed by atoms with Crippen LogP contribution in [0.2, 0.25) is 0 Å². The molecule has 2 heterocycles. The Bertz CT molecular complexity index is 1480. The van der Waals surface area contributed by atoms with Gasteiger partial charge in [-0.1, -0.05) is 36.3 Å². The van der Waals surface area contributed by atoms with E-state index in [1.807, 2.05) is 0 Å². The molecule has 2 aromatic heterocycles.